The molecule has 0 radical (unpaired) electrons. The number of nitrogens with zero attached hydrogens (tertiary/aromatic N) is 1. The normalized spacial score (nSPS) is 16.2. The number of ether oxygens (including phenoxy) is 3. The number of hydrogen-bond acceptors (Lipinski definition) is 7. The zero-order valence-corrected chi connectivity index (χ0v) is 17.4. The number of aromatic nitrogens is 1. The Balaban J connectivity index is 1.40. The Morgan fingerprint density at radius 2 is 1.77 bits per heavy atom. The standard InChI is InChI=1S/C23H24N2O6/c1-13(22(27)30-17-11-15-5-3-4-6-16(15)12-17)25-21(26)19-20(18(29-2)9-10-24-19)31-23(28)14-7-8-14/h3-6,9-10,13-14,17H,7-8,11-12H2,1-2H3,(H,25,26)/t13-/m0/s1. The summed E-state index contributed by atoms with van der Waals surface area (Å²) in [5.74, 6) is -1.61. The van der Waals surface area contributed by atoms with Gasteiger partial charge in [0, 0.05) is 25.1 Å². The van der Waals surface area contributed by atoms with E-state index in [1.807, 2.05) is 24.3 Å². The first-order valence-corrected chi connectivity index (χ1v) is 10.3. The molecule has 0 saturated heterocycles. The van der Waals surface area contributed by atoms with Crippen molar-refractivity contribution in [3.63, 3.8) is 0 Å². The van der Waals surface area contributed by atoms with Crippen LogP contribution in [0.15, 0.2) is 36.5 Å². The molecule has 1 amide bonds. The molecule has 1 N–H and O–H groups in total. The van der Waals surface area contributed by atoms with E-state index in [4.69, 9.17) is 14.2 Å². The first-order valence-electron chi connectivity index (χ1n) is 10.3. The van der Waals surface area contributed by atoms with Crippen LogP contribution in [0.4, 0.5) is 0 Å². The number of fused-ring (bicyclic) bond motifs is 1. The van der Waals surface area contributed by atoms with E-state index >= 15 is 0 Å². The zero-order chi connectivity index (χ0) is 22.0. The monoisotopic (exact) mass is 424 g/mol. The van der Waals surface area contributed by atoms with Crippen molar-refractivity contribution in [2.45, 2.75) is 44.8 Å². The van der Waals surface area contributed by atoms with Gasteiger partial charge >= 0.3 is 11.9 Å². The molecule has 0 aliphatic heterocycles. The SMILES string of the molecule is COc1ccnc(C(=O)N[C@@H](C)C(=O)OC2Cc3ccccc3C2)c1OC(=O)C1CC1. The van der Waals surface area contributed by atoms with Crippen LogP contribution in [0.1, 0.15) is 41.4 Å². The summed E-state index contributed by atoms with van der Waals surface area (Å²) in [7, 11) is 1.41. The molecule has 8 heteroatoms. The van der Waals surface area contributed by atoms with Gasteiger partial charge in [-0.05, 0) is 30.9 Å². The van der Waals surface area contributed by atoms with Crippen LogP contribution in [0.5, 0.6) is 11.5 Å². The summed E-state index contributed by atoms with van der Waals surface area (Å²) < 4.78 is 16.2. The van der Waals surface area contributed by atoms with Crippen molar-refractivity contribution >= 4 is 17.8 Å². The average molecular weight is 424 g/mol. The van der Waals surface area contributed by atoms with Crippen molar-refractivity contribution in [3.05, 3.63) is 53.3 Å². The second kappa shape index (κ2) is 8.75. The molecule has 1 atom stereocenters. The Morgan fingerprint density at radius 1 is 1.10 bits per heavy atom. The topological polar surface area (TPSA) is 104 Å². The second-order valence-corrected chi connectivity index (χ2v) is 7.82. The van der Waals surface area contributed by atoms with E-state index in [-0.39, 0.29) is 29.2 Å². The van der Waals surface area contributed by atoms with Gasteiger partial charge in [-0.2, -0.15) is 0 Å². The third kappa shape index (κ3) is 4.68. The van der Waals surface area contributed by atoms with E-state index in [1.165, 1.54) is 30.5 Å². The molecule has 2 aromatic rings. The van der Waals surface area contributed by atoms with Gasteiger partial charge in [0.1, 0.15) is 12.1 Å². The Kier molecular flexibility index (Phi) is 5.88. The van der Waals surface area contributed by atoms with Gasteiger partial charge in [0.25, 0.3) is 5.91 Å². The fraction of sp³-hybridized carbons (Fsp3) is 0.391. The Morgan fingerprint density at radius 3 is 2.39 bits per heavy atom. The predicted molar refractivity (Wildman–Crippen MR) is 110 cm³/mol. The number of pyridine rings is 1. The van der Waals surface area contributed by atoms with Gasteiger partial charge in [-0.25, -0.2) is 9.78 Å². The largest absolute Gasteiger partial charge is 0.493 e. The molecule has 1 saturated carbocycles. The maximum Gasteiger partial charge on any atom is 0.328 e. The van der Waals surface area contributed by atoms with E-state index in [0.29, 0.717) is 12.8 Å². The molecular weight excluding hydrogens is 400 g/mol. The molecule has 1 heterocycles. The molecule has 2 aliphatic carbocycles. The fourth-order valence-corrected chi connectivity index (χ4v) is 3.55. The summed E-state index contributed by atoms with van der Waals surface area (Å²) in [5, 5.41) is 2.58. The summed E-state index contributed by atoms with van der Waals surface area (Å²) in [6.45, 7) is 1.54. The van der Waals surface area contributed by atoms with Gasteiger partial charge in [0.15, 0.2) is 11.4 Å². The number of carbonyl (C=O) groups is 3. The van der Waals surface area contributed by atoms with Gasteiger partial charge in [0.2, 0.25) is 5.75 Å². The summed E-state index contributed by atoms with van der Waals surface area (Å²) in [5.41, 5.74) is 2.21. The summed E-state index contributed by atoms with van der Waals surface area (Å²) in [6, 6.07) is 8.56. The Labute approximate surface area is 179 Å². The maximum atomic E-state index is 12.8. The molecule has 2 aliphatic rings. The number of nitrogens with one attached hydrogen (secondary N) is 1. The van der Waals surface area contributed by atoms with E-state index in [0.717, 1.165) is 12.8 Å². The minimum Gasteiger partial charge on any atom is -0.493 e. The third-order valence-corrected chi connectivity index (χ3v) is 5.41. The first-order chi connectivity index (χ1) is 15.0. The molecule has 1 aromatic heterocycles. The van der Waals surface area contributed by atoms with E-state index < -0.39 is 23.9 Å². The zero-order valence-electron chi connectivity index (χ0n) is 17.4. The molecule has 8 nitrogen and oxygen atoms in total. The molecular formula is C23H24N2O6. The molecule has 162 valence electrons. The molecule has 1 fully saturated rings. The van der Waals surface area contributed by atoms with E-state index in [1.54, 1.807) is 6.92 Å². The Hall–Kier alpha value is -3.42. The lowest BCUT2D eigenvalue weighted by Gasteiger charge is -2.18. The third-order valence-electron chi connectivity index (χ3n) is 5.41. The van der Waals surface area contributed by atoms with Crippen molar-refractivity contribution < 1.29 is 28.6 Å². The van der Waals surface area contributed by atoms with Gasteiger partial charge in [0.05, 0.1) is 13.0 Å². The van der Waals surface area contributed by atoms with E-state index in [2.05, 4.69) is 10.3 Å². The molecule has 0 unspecified atom stereocenters. The summed E-state index contributed by atoms with van der Waals surface area (Å²) in [6.07, 6.45) is 3.95. The summed E-state index contributed by atoms with van der Waals surface area (Å²) >= 11 is 0. The lowest BCUT2D eigenvalue weighted by atomic mass is 10.1. The van der Waals surface area contributed by atoms with Crippen LogP contribution >= 0.6 is 0 Å². The maximum absolute atomic E-state index is 12.8. The van der Waals surface area contributed by atoms with Crippen LogP contribution in [0, 0.1) is 5.92 Å². The number of methoxy groups -OCH3 is 1. The molecule has 4 rings (SSSR count). The van der Waals surface area contributed by atoms with Crippen molar-refractivity contribution in [1.29, 1.82) is 0 Å². The average Bonchev–Trinajstić information content (AvgIpc) is 3.53. The van der Waals surface area contributed by atoms with Gasteiger partial charge in [-0.15, -0.1) is 0 Å². The number of benzene rings is 1. The fourth-order valence-electron chi connectivity index (χ4n) is 3.55. The quantitative estimate of drug-likeness (QED) is 0.680. The van der Waals surface area contributed by atoms with Gasteiger partial charge < -0.3 is 19.5 Å². The highest BCUT2D eigenvalue weighted by Crippen LogP contribution is 2.35. The van der Waals surface area contributed by atoms with Gasteiger partial charge in [-0.1, -0.05) is 24.3 Å². The van der Waals surface area contributed by atoms with Crippen LogP contribution < -0.4 is 14.8 Å². The van der Waals surface area contributed by atoms with Crippen LogP contribution in [0.3, 0.4) is 0 Å². The van der Waals surface area contributed by atoms with Crippen molar-refractivity contribution in [3.8, 4) is 11.5 Å². The highest BCUT2D eigenvalue weighted by molar-refractivity contribution is 5.98. The number of hydrogen-bond donors (Lipinski definition) is 1. The van der Waals surface area contributed by atoms with Crippen LogP contribution in [-0.2, 0) is 27.2 Å². The highest BCUT2D eigenvalue weighted by atomic mass is 16.6. The number of rotatable bonds is 7. The summed E-state index contributed by atoms with van der Waals surface area (Å²) in [4.78, 5) is 41.5. The predicted octanol–water partition coefficient (Wildman–Crippen LogP) is 2.23. The van der Waals surface area contributed by atoms with Crippen LogP contribution in [-0.4, -0.2) is 42.1 Å². The molecule has 31 heavy (non-hydrogen) atoms. The van der Waals surface area contributed by atoms with Crippen molar-refractivity contribution in [2.24, 2.45) is 5.92 Å². The second-order valence-electron chi connectivity index (χ2n) is 7.82. The molecule has 0 spiro atoms. The van der Waals surface area contributed by atoms with Crippen molar-refractivity contribution in [2.75, 3.05) is 7.11 Å². The minimum absolute atomic E-state index is 0.0498. The first kappa shape index (κ1) is 20.8. The smallest absolute Gasteiger partial charge is 0.328 e. The Bertz CT molecular complexity index is 992. The molecule has 1 aromatic carbocycles. The van der Waals surface area contributed by atoms with Gasteiger partial charge in [-0.3, -0.25) is 9.59 Å². The lowest BCUT2D eigenvalue weighted by molar-refractivity contribution is -0.150. The highest BCUT2D eigenvalue weighted by Gasteiger charge is 2.34. The van der Waals surface area contributed by atoms with E-state index in [9.17, 15) is 14.4 Å². The number of carbonyl (C=O) groups excluding carboxylic acids is 3. The minimum atomic E-state index is -0.906. The number of amides is 1. The molecule has 0 bridgehead atoms. The van der Waals surface area contributed by atoms with Crippen LogP contribution in [0.25, 0.3) is 0 Å². The van der Waals surface area contributed by atoms with Crippen molar-refractivity contribution in [1.82, 2.24) is 10.3 Å². The number of esters is 2. The van der Waals surface area contributed by atoms with Crippen LogP contribution in [0.2, 0.25) is 0 Å². The lowest BCUT2D eigenvalue weighted by Crippen LogP contribution is -2.41.